The molecule has 0 saturated carbocycles. The highest BCUT2D eigenvalue weighted by atomic mass is 16.5. The maximum absolute atomic E-state index is 9.50. The maximum Gasteiger partial charge on any atom is 0.290 e. The lowest BCUT2D eigenvalue weighted by atomic mass is 10.0. The van der Waals surface area contributed by atoms with Gasteiger partial charge < -0.3 is 28.9 Å². The fourth-order valence-electron chi connectivity index (χ4n) is 3.86. The van der Waals surface area contributed by atoms with Crippen molar-refractivity contribution < 1.29 is 24.3 Å². The zero-order chi connectivity index (χ0) is 20.8. The predicted octanol–water partition coefficient (Wildman–Crippen LogP) is 1.72. The number of aromatic nitrogens is 3. The summed E-state index contributed by atoms with van der Waals surface area (Å²) in [4.78, 5) is 15.4. The second-order valence-electron chi connectivity index (χ2n) is 6.96. The highest BCUT2D eigenvalue weighted by molar-refractivity contribution is 5.79. The zero-order valence-corrected chi connectivity index (χ0v) is 16.6. The standard InChI is InChI=1S/C19H24N4O3.CH2O2/c1-13-9-15(26-21-13)10-14-11-22(12-18(14)25-2)19-20-16-5-3-4-6-17(16)23(19)7-8-24;2-1-3/h3-6,9,14,18,24H,7-8,10-12H2,1-2H3;1H,(H,2,3)/t14-,18+;/m1./s1. The summed E-state index contributed by atoms with van der Waals surface area (Å²) in [6.45, 7) is 3.88. The molecule has 0 spiro atoms. The van der Waals surface area contributed by atoms with Crippen LogP contribution in [0.2, 0.25) is 0 Å². The monoisotopic (exact) mass is 402 g/mol. The van der Waals surface area contributed by atoms with E-state index in [0.29, 0.717) is 12.5 Å². The molecule has 0 unspecified atom stereocenters. The summed E-state index contributed by atoms with van der Waals surface area (Å²) in [6, 6.07) is 10.0. The molecule has 2 N–H and O–H groups in total. The Morgan fingerprint density at radius 1 is 1.34 bits per heavy atom. The molecule has 0 aliphatic carbocycles. The molecular formula is C20H26N4O5. The molecule has 9 nitrogen and oxygen atoms in total. The van der Waals surface area contributed by atoms with Crippen LogP contribution in [-0.4, -0.2) is 64.3 Å². The average Bonchev–Trinajstić information content (AvgIpc) is 3.40. The fourth-order valence-corrected chi connectivity index (χ4v) is 3.86. The van der Waals surface area contributed by atoms with Crippen LogP contribution in [0.5, 0.6) is 0 Å². The first-order chi connectivity index (χ1) is 14.1. The van der Waals surface area contributed by atoms with E-state index in [9.17, 15) is 5.11 Å². The van der Waals surface area contributed by atoms with Crippen molar-refractivity contribution in [3.8, 4) is 0 Å². The van der Waals surface area contributed by atoms with Gasteiger partial charge in [0.2, 0.25) is 5.95 Å². The van der Waals surface area contributed by atoms with E-state index in [2.05, 4.69) is 14.6 Å². The number of hydrogen-bond acceptors (Lipinski definition) is 7. The zero-order valence-electron chi connectivity index (χ0n) is 16.6. The summed E-state index contributed by atoms with van der Waals surface area (Å²) < 4.78 is 13.2. The molecular weight excluding hydrogens is 376 g/mol. The highest BCUT2D eigenvalue weighted by Crippen LogP contribution is 2.30. The van der Waals surface area contributed by atoms with E-state index in [0.717, 1.165) is 47.9 Å². The Labute approximate surface area is 168 Å². The molecule has 1 fully saturated rings. The number of aryl methyl sites for hydroxylation is 1. The Morgan fingerprint density at radius 3 is 2.76 bits per heavy atom. The van der Waals surface area contributed by atoms with Gasteiger partial charge in [-0.15, -0.1) is 0 Å². The molecule has 1 aliphatic heterocycles. The number of nitrogens with zero attached hydrogens (tertiary/aromatic N) is 4. The van der Waals surface area contributed by atoms with Crippen LogP contribution in [0.25, 0.3) is 11.0 Å². The Balaban J connectivity index is 0.000000755. The average molecular weight is 402 g/mol. The second kappa shape index (κ2) is 9.53. The summed E-state index contributed by atoms with van der Waals surface area (Å²) in [5.41, 5.74) is 2.88. The number of fused-ring (bicyclic) bond motifs is 1. The van der Waals surface area contributed by atoms with Gasteiger partial charge in [0.25, 0.3) is 6.47 Å². The summed E-state index contributed by atoms with van der Waals surface area (Å²) in [7, 11) is 1.75. The molecule has 1 aliphatic rings. The van der Waals surface area contributed by atoms with Crippen molar-refractivity contribution in [2.75, 3.05) is 31.7 Å². The maximum atomic E-state index is 9.50. The van der Waals surface area contributed by atoms with Crippen molar-refractivity contribution in [2.45, 2.75) is 26.0 Å². The molecule has 29 heavy (non-hydrogen) atoms. The number of hydrogen-bond donors (Lipinski definition) is 2. The number of aliphatic hydroxyl groups is 1. The topological polar surface area (TPSA) is 114 Å². The lowest BCUT2D eigenvalue weighted by Crippen LogP contribution is -2.25. The number of ether oxygens (including phenoxy) is 1. The van der Waals surface area contributed by atoms with Gasteiger partial charge in [0.1, 0.15) is 5.76 Å². The van der Waals surface area contributed by atoms with Crippen LogP contribution in [0.15, 0.2) is 34.9 Å². The van der Waals surface area contributed by atoms with Crippen molar-refractivity contribution in [3.05, 3.63) is 41.8 Å². The number of para-hydroxylation sites is 2. The molecule has 2 aromatic heterocycles. The largest absolute Gasteiger partial charge is 0.483 e. The number of anilines is 1. The molecule has 0 bridgehead atoms. The van der Waals surface area contributed by atoms with Crippen LogP contribution in [-0.2, 0) is 22.5 Å². The highest BCUT2D eigenvalue weighted by Gasteiger charge is 2.36. The first-order valence-electron chi connectivity index (χ1n) is 9.45. The normalized spacial score (nSPS) is 18.7. The number of carboxylic acid groups (broad SMARTS) is 1. The van der Waals surface area contributed by atoms with E-state index in [1.165, 1.54) is 0 Å². The van der Waals surface area contributed by atoms with Crippen LogP contribution >= 0.6 is 0 Å². The quantitative estimate of drug-likeness (QED) is 0.599. The summed E-state index contributed by atoms with van der Waals surface area (Å²) in [6.07, 6.45) is 0.888. The summed E-state index contributed by atoms with van der Waals surface area (Å²) >= 11 is 0. The second-order valence-corrected chi connectivity index (χ2v) is 6.96. The number of benzene rings is 1. The van der Waals surface area contributed by atoms with Crippen LogP contribution in [0.3, 0.4) is 0 Å². The minimum Gasteiger partial charge on any atom is -0.483 e. The molecule has 156 valence electrons. The third kappa shape index (κ3) is 4.57. The van der Waals surface area contributed by atoms with Crippen LogP contribution < -0.4 is 4.90 Å². The number of aliphatic hydroxyl groups excluding tert-OH is 1. The van der Waals surface area contributed by atoms with Crippen LogP contribution in [0.4, 0.5) is 5.95 Å². The number of methoxy groups -OCH3 is 1. The van der Waals surface area contributed by atoms with E-state index < -0.39 is 0 Å². The van der Waals surface area contributed by atoms with Gasteiger partial charge in [-0.1, -0.05) is 17.3 Å². The molecule has 0 radical (unpaired) electrons. The van der Waals surface area contributed by atoms with E-state index >= 15 is 0 Å². The van der Waals surface area contributed by atoms with Crippen molar-refractivity contribution in [3.63, 3.8) is 0 Å². The van der Waals surface area contributed by atoms with Gasteiger partial charge in [0.05, 0.1) is 29.4 Å². The number of rotatable bonds is 6. The number of carbonyl (C=O) groups is 1. The molecule has 1 saturated heterocycles. The molecule has 4 rings (SSSR count). The van der Waals surface area contributed by atoms with Gasteiger partial charge in [0.15, 0.2) is 0 Å². The van der Waals surface area contributed by atoms with Crippen molar-refractivity contribution >= 4 is 23.5 Å². The lowest BCUT2D eigenvalue weighted by molar-refractivity contribution is -0.122. The van der Waals surface area contributed by atoms with E-state index in [1.807, 2.05) is 37.3 Å². The smallest absolute Gasteiger partial charge is 0.290 e. The molecule has 3 aromatic rings. The molecule has 0 amide bonds. The van der Waals surface area contributed by atoms with Crippen LogP contribution in [0.1, 0.15) is 11.5 Å². The molecule has 3 heterocycles. The Bertz CT molecular complexity index is 938. The summed E-state index contributed by atoms with van der Waals surface area (Å²) in [5.74, 6) is 2.08. The first-order valence-corrected chi connectivity index (χ1v) is 9.45. The fraction of sp³-hybridized carbons (Fsp3) is 0.450. The van der Waals surface area contributed by atoms with Gasteiger partial charge >= 0.3 is 0 Å². The van der Waals surface area contributed by atoms with Gasteiger partial charge in [0, 0.05) is 45.1 Å². The first kappa shape index (κ1) is 20.8. The number of imidazole rings is 1. The van der Waals surface area contributed by atoms with Crippen LogP contribution in [0, 0.1) is 12.8 Å². The Morgan fingerprint density at radius 2 is 2.10 bits per heavy atom. The van der Waals surface area contributed by atoms with Gasteiger partial charge in [-0.3, -0.25) is 4.79 Å². The molecule has 9 heteroatoms. The van der Waals surface area contributed by atoms with E-state index in [-0.39, 0.29) is 19.2 Å². The molecule has 1 aromatic carbocycles. The third-order valence-electron chi connectivity index (χ3n) is 5.06. The van der Waals surface area contributed by atoms with Crippen molar-refractivity contribution in [1.29, 1.82) is 0 Å². The van der Waals surface area contributed by atoms with Crippen molar-refractivity contribution in [1.82, 2.24) is 14.7 Å². The third-order valence-corrected chi connectivity index (χ3v) is 5.06. The predicted molar refractivity (Wildman–Crippen MR) is 107 cm³/mol. The van der Waals surface area contributed by atoms with Gasteiger partial charge in [-0.05, 0) is 19.1 Å². The summed E-state index contributed by atoms with van der Waals surface area (Å²) in [5, 5.41) is 20.4. The Kier molecular flexibility index (Phi) is 6.84. The van der Waals surface area contributed by atoms with Gasteiger partial charge in [-0.2, -0.15) is 0 Å². The molecule has 2 atom stereocenters. The van der Waals surface area contributed by atoms with Crippen molar-refractivity contribution in [2.24, 2.45) is 5.92 Å². The minimum absolute atomic E-state index is 0.0790. The lowest BCUT2D eigenvalue weighted by Gasteiger charge is -2.19. The van der Waals surface area contributed by atoms with E-state index in [1.54, 1.807) is 7.11 Å². The van der Waals surface area contributed by atoms with E-state index in [4.69, 9.17) is 24.1 Å². The Hall–Kier alpha value is -2.91. The van der Waals surface area contributed by atoms with Gasteiger partial charge in [-0.25, -0.2) is 4.98 Å². The SMILES string of the molecule is CO[C@H]1CN(c2nc3ccccc3n2CCO)C[C@H]1Cc1cc(C)no1.O=CO. The minimum atomic E-state index is -0.250.